The van der Waals surface area contributed by atoms with Gasteiger partial charge < -0.3 is 4.74 Å². The van der Waals surface area contributed by atoms with Crippen LogP contribution in [-0.2, 0) is 11.3 Å². The SMILES string of the molecule is CC(C)(C)OC(=O)NNCc1ccn(-c2ccccc2)n1. The summed E-state index contributed by atoms with van der Waals surface area (Å²) in [6, 6.07) is 11.7. The third kappa shape index (κ3) is 4.92. The van der Waals surface area contributed by atoms with Crippen LogP contribution in [-0.4, -0.2) is 21.5 Å². The van der Waals surface area contributed by atoms with Gasteiger partial charge in [0.15, 0.2) is 0 Å². The summed E-state index contributed by atoms with van der Waals surface area (Å²) in [5.74, 6) is 0. The highest BCUT2D eigenvalue weighted by Gasteiger charge is 2.15. The van der Waals surface area contributed by atoms with Gasteiger partial charge in [0.25, 0.3) is 0 Å². The summed E-state index contributed by atoms with van der Waals surface area (Å²) >= 11 is 0. The van der Waals surface area contributed by atoms with E-state index in [1.165, 1.54) is 0 Å². The van der Waals surface area contributed by atoms with Gasteiger partial charge >= 0.3 is 6.09 Å². The molecule has 6 nitrogen and oxygen atoms in total. The van der Waals surface area contributed by atoms with Crippen molar-refractivity contribution < 1.29 is 9.53 Å². The molecule has 0 aliphatic carbocycles. The maximum Gasteiger partial charge on any atom is 0.422 e. The topological polar surface area (TPSA) is 68.2 Å². The van der Waals surface area contributed by atoms with Crippen molar-refractivity contribution in [3.63, 3.8) is 0 Å². The van der Waals surface area contributed by atoms with Crippen LogP contribution in [0.2, 0.25) is 0 Å². The van der Waals surface area contributed by atoms with E-state index in [0.717, 1.165) is 11.4 Å². The van der Waals surface area contributed by atoms with Gasteiger partial charge in [-0.05, 0) is 39.0 Å². The second-order valence-corrected chi connectivity index (χ2v) is 5.57. The summed E-state index contributed by atoms with van der Waals surface area (Å²) in [5.41, 5.74) is 6.56. The van der Waals surface area contributed by atoms with E-state index in [1.807, 2.05) is 63.4 Å². The predicted octanol–water partition coefficient (Wildman–Crippen LogP) is 2.40. The molecule has 1 aromatic carbocycles. The van der Waals surface area contributed by atoms with Crippen LogP contribution < -0.4 is 10.9 Å². The molecule has 0 spiro atoms. The van der Waals surface area contributed by atoms with Crippen molar-refractivity contribution in [1.82, 2.24) is 20.6 Å². The minimum Gasteiger partial charge on any atom is -0.443 e. The molecule has 0 radical (unpaired) electrons. The summed E-state index contributed by atoms with van der Waals surface area (Å²) < 4.78 is 6.89. The maximum absolute atomic E-state index is 11.5. The average Bonchev–Trinajstić information content (AvgIpc) is 2.86. The van der Waals surface area contributed by atoms with E-state index < -0.39 is 11.7 Å². The first kappa shape index (κ1) is 15.1. The summed E-state index contributed by atoms with van der Waals surface area (Å²) in [7, 11) is 0. The van der Waals surface area contributed by atoms with E-state index in [1.54, 1.807) is 4.68 Å². The molecular weight excluding hydrogens is 268 g/mol. The monoisotopic (exact) mass is 288 g/mol. The fraction of sp³-hybridized carbons (Fsp3) is 0.333. The van der Waals surface area contributed by atoms with Crippen LogP contribution in [0.25, 0.3) is 5.69 Å². The molecule has 0 fully saturated rings. The van der Waals surface area contributed by atoms with Crippen molar-refractivity contribution in [2.45, 2.75) is 32.9 Å². The van der Waals surface area contributed by atoms with Gasteiger partial charge in [-0.25, -0.2) is 14.9 Å². The Labute approximate surface area is 124 Å². The van der Waals surface area contributed by atoms with Gasteiger partial charge in [0.05, 0.1) is 17.9 Å². The first-order valence-corrected chi connectivity index (χ1v) is 6.76. The molecule has 0 atom stereocenters. The first-order chi connectivity index (χ1) is 9.94. The van der Waals surface area contributed by atoms with Crippen LogP contribution in [0, 0.1) is 0 Å². The minimum absolute atomic E-state index is 0.416. The molecule has 2 aromatic rings. The molecular formula is C15H20N4O2. The highest BCUT2D eigenvalue weighted by atomic mass is 16.6. The number of aromatic nitrogens is 2. The Bertz CT molecular complexity index is 587. The molecule has 1 aromatic heterocycles. The summed E-state index contributed by atoms with van der Waals surface area (Å²) in [4.78, 5) is 11.5. The second-order valence-electron chi connectivity index (χ2n) is 5.57. The van der Waals surface area contributed by atoms with Gasteiger partial charge in [-0.1, -0.05) is 18.2 Å². The molecule has 0 unspecified atom stereocenters. The van der Waals surface area contributed by atoms with Crippen LogP contribution in [0.1, 0.15) is 26.5 Å². The van der Waals surface area contributed by atoms with Gasteiger partial charge in [-0.3, -0.25) is 5.43 Å². The van der Waals surface area contributed by atoms with E-state index in [-0.39, 0.29) is 0 Å². The Balaban J connectivity index is 1.83. The van der Waals surface area contributed by atoms with Crippen LogP contribution in [0.4, 0.5) is 4.79 Å². The van der Waals surface area contributed by atoms with E-state index in [0.29, 0.717) is 6.54 Å². The fourth-order valence-corrected chi connectivity index (χ4v) is 1.69. The lowest BCUT2D eigenvalue weighted by atomic mass is 10.2. The molecule has 112 valence electrons. The second kappa shape index (κ2) is 6.41. The van der Waals surface area contributed by atoms with Crippen molar-refractivity contribution in [3.05, 3.63) is 48.3 Å². The number of carbonyl (C=O) groups excluding carboxylic acids is 1. The largest absolute Gasteiger partial charge is 0.443 e. The number of ether oxygens (including phenoxy) is 1. The van der Waals surface area contributed by atoms with Crippen molar-refractivity contribution in [2.75, 3.05) is 0 Å². The van der Waals surface area contributed by atoms with Crippen LogP contribution >= 0.6 is 0 Å². The third-order valence-corrected chi connectivity index (χ3v) is 2.52. The van der Waals surface area contributed by atoms with E-state index in [4.69, 9.17) is 4.74 Å². The van der Waals surface area contributed by atoms with E-state index >= 15 is 0 Å². The van der Waals surface area contributed by atoms with Gasteiger partial charge in [-0.15, -0.1) is 0 Å². The normalized spacial score (nSPS) is 11.2. The number of benzene rings is 1. The maximum atomic E-state index is 11.5. The number of rotatable bonds is 4. The number of carbonyl (C=O) groups is 1. The number of amides is 1. The molecule has 1 amide bonds. The number of nitrogens with zero attached hydrogens (tertiary/aromatic N) is 2. The third-order valence-electron chi connectivity index (χ3n) is 2.52. The Kier molecular flexibility index (Phi) is 4.59. The average molecular weight is 288 g/mol. The number of para-hydroxylation sites is 1. The van der Waals surface area contributed by atoms with Gasteiger partial charge in [0.1, 0.15) is 5.60 Å². The molecule has 0 aliphatic heterocycles. The Morgan fingerprint density at radius 1 is 1.24 bits per heavy atom. The highest BCUT2D eigenvalue weighted by Crippen LogP contribution is 2.07. The molecule has 6 heteroatoms. The fourth-order valence-electron chi connectivity index (χ4n) is 1.69. The molecule has 1 heterocycles. The first-order valence-electron chi connectivity index (χ1n) is 6.76. The summed E-state index contributed by atoms with van der Waals surface area (Å²) in [6.07, 6.45) is 1.37. The molecule has 2 rings (SSSR count). The summed E-state index contributed by atoms with van der Waals surface area (Å²) in [5, 5.41) is 4.41. The van der Waals surface area contributed by atoms with Crippen molar-refractivity contribution in [3.8, 4) is 5.69 Å². The number of hydrazine groups is 1. The van der Waals surface area contributed by atoms with Crippen molar-refractivity contribution >= 4 is 6.09 Å². The van der Waals surface area contributed by atoms with Crippen LogP contribution in [0.5, 0.6) is 0 Å². The zero-order chi connectivity index (χ0) is 15.3. The minimum atomic E-state index is -0.513. The van der Waals surface area contributed by atoms with Gasteiger partial charge in [0.2, 0.25) is 0 Å². The van der Waals surface area contributed by atoms with E-state index in [2.05, 4.69) is 16.0 Å². The lowest BCUT2D eigenvalue weighted by molar-refractivity contribution is 0.0497. The van der Waals surface area contributed by atoms with Crippen LogP contribution in [0.15, 0.2) is 42.6 Å². The molecule has 0 saturated heterocycles. The standard InChI is InChI=1S/C15H20N4O2/c1-15(2,3)21-14(20)17-16-11-12-9-10-19(18-12)13-7-5-4-6-8-13/h4-10,16H,11H2,1-3H3,(H,17,20). The van der Waals surface area contributed by atoms with Gasteiger partial charge in [0, 0.05) is 6.20 Å². The molecule has 2 N–H and O–H groups in total. The lowest BCUT2D eigenvalue weighted by Gasteiger charge is -2.19. The smallest absolute Gasteiger partial charge is 0.422 e. The number of hydrogen-bond donors (Lipinski definition) is 2. The zero-order valence-corrected chi connectivity index (χ0v) is 12.5. The van der Waals surface area contributed by atoms with Gasteiger partial charge in [-0.2, -0.15) is 5.10 Å². The molecule has 0 aliphatic rings. The van der Waals surface area contributed by atoms with E-state index in [9.17, 15) is 4.79 Å². The van der Waals surface area contributed by atoms with Crippen LogP contribution in [0.3, 0.4) is 0 Å². The molecule has 21 heavy (non-hydrogen) atoms. The Morgan fingerprint density at radius 2 is 1.95 bits per heavy atom. The highest BCUT2D eigenvalue weighted by molar-refractivity contribution is 5.66. The Morgan fingerprint density at radius 3 is 2.62 bits per heavy atom. The number of nitrogens with one attached hydrogen (secondary N) is 2. The number of hydrogen-bond acceptors (Lipinski definition) is 4. The zero-order valence-electron chi connectivity index (χ0n) is 12.5. The lowest BCUT2D eigenvalue weighted by Crippen LogP contribution is -2.40. The summed E-state index contributed by atoms with van der Waals surface area (Å²) in [6.45, 7) is 5.86. The molecule has 0 bridgehead atoms. The quantitative estimate of drug-likeness (QED) is 0.848. The van der Waals surface area contributed by atoms with Crippen molar-refractivity contribution in [1.29, 1.82) is 0 Å². The molecule has 0 saturated carbocycles. The van der Waals surface area contributed by atoms with Crippen molar-refractivity contribution in [2.24, 2.45) is 0 Å². The predicted molar refractivity (Wildman–Crippen MR) is 79.8 cm³/mol. The Hall–Kier alpha value is -2.34.